The van der Waals surface area contributed by atoms with E-state index in [-0.39, 0.29) is 11.5 Å². The van der Waals surface area contributed by atoms with Crippen LogP contribution in [0.5, 0.6) is 0 Å². The molecule has 5 nitrogen and oxygen atoms in total. The van der Waals surface area contributed by atoms with Gasteiger partial charge in [0.05, 0.1) is 6.61 Å². The van der Waals surface area contributed by atoms with Gasteiger partial charge in [0.15, 0.2) is 0 Å². The number of carboxylic acid groups (broad SMARTS) is 1. The fraction of sp³-hybridized carbons (Fsp3) is 0.682. The topological polar surface area (TPSA) is 61.8 Å². The van der Waals surface area contributed by atoms with E-state index in [4.69, 9.17) is 4.74 Å². The average Bonchev–Trinajstić information content (AvgIpc) is 3.44. The maximum atomic E-state index is 12.1. The third-order valence-electron chi connectivity index (χ3n) is 6.79. The normalized spacial score (nSPS) is 27.0. The lowest BCUT2D eigenvalue weighted by molar-refractivity contribution is -0.0197. The van der Waals surface area contributed by atoms with Crippen LogP contribution in [0.25, 0.3) is 0 Å². The van der Waals surface area contributed by atoms with Crippen molar-refractivity contribution in [3.8, 4) is 0 Å². The van der Waals surface area contributed by atoms with Crippen molar-refractivity contribution in [2.24, 2.45) is 11.3 Å². The summed E-state index contributed by atoms with van der Waals surface area (Å²) in [6.45, 7) is 4.04. The smallest absolute Gasteiger partial charge is 0.407 e. The second-order valence-corrected chi connectivity index (χ2v) is 8.79. The predicted octanol–water partition coefficient (Wildman–Crippen LogP) is 3.71. The number of piperidine rings is 1. The van der Waals surface area contributed by atoms with Gasteiger partial charge in [-0.1, -0.05) is 36.8 Å². The molecule has 27 heavy (non-hydrogen) atoms. The van der Waals surface area contributed by atoms with Crippen molar-refractivity contribution < 1.29 is 14.6 Å². The zero-order valence-corrected chi connectivity index (χ0v) is 16.1. The minimum atomic E-state index is -0.782. The highest BCUT2D eigenvalue weighted by atomic mass is 16.5. The number of benzene rings is 1. The molecule has 0 aromatic heterocycles. The van der Waals surface area contributed by atoms with Gasteiger partial charge in [0.25, 0.3) is 0 Å². The van der Waals surface area contributed by atoms with Gasteiger partial charge in [-0.3, -0.25) is 0 Å². The Morgan fingerprint density at radius 2 is 1.96 bits per heavy atom. The molecule has 1 aromatic rings. The van der Waals surface area contributed by atoms with E-state index >= 15 is 0 Å². The first kappa shape index (κ1) is 18.8. The molecule has 3 aliphatic rings. The molecule has 1 aliphatic heterocycles. The second-order valence-electron chi connectivity index (χ2n) is 8.79. The second kappa shape index (κ2) is 8.19. The van der Waals surface area contributed by atoms with Crippen molar-refractivity contribution in [1.29, 1.82) is 0 Å². The van der Waals surface area contributed by atoms with Crippen LogP contribution >= 0.6 is 0 Å². The fourth-order valence-corrected chi connectivity index (χ4v) is 4.68. The quantitative estimate of drug-likeness (QED) is 0.730. The number of hydrogen-bond donors (Lipinski definition) is 2. The molecule has 0 bridgehead atoms. The molecular formula is C22H32N2O3. The molecule has 1 heterocycles. The Hall–Kier alpha value is -1.59. The molecule has 4 rings (SSSR count). The Balaban J connectivity index is 1.40. The van der Waals surface area contributed by atoms with Gasteiger partial charge in [0.1, 0.15) is 0 Å². The van der Waals surface area contributed by atoms with E-state index in [1.807, 2.05) is 18.2 Å². The Kier molecular flexibility index (Phi) is 5.69. The van der Waals surface area contributed by atoms with Crippen molar-refractivity contribution in [2.75, 3.05) is 32.8 Å². The maximum Gasteiger partial charge on any atom is 0.407 e. The van der Waals surface area contributed by atoms with Crippen LogP contribution in [-0.2, 0) is 4.74 Å². The van der Waals surface area contributed by atoms with Gasteiger partial charge in [-0.15, -0.1) is 0 Å². The summed E-state index contributed by atoms with van der Waals surface area (Å²) in [5.41, 5.74) is 1.21. The van der Waals surface area contributed by atoms with Crippen LogP contribution in [0.15, 0.2) is 30.3 Å². The van der Waals surface area contributed by atoms with Crippen molar-refractivity contribution in [3.63, 3.8) is 0 Å². The molecule has 1 saturated heterocycles. The van der Waals surface area contributed by atoms with E-state index in [1.54, 1.807) is 4.90 Å². The van der Waals surface area contributed by atoms with Crippen LogP contribution in [0, 0.1) is 11.3 Å². The zero-order valence-electron chi connectivity index (χ0n) is 16.1. The van der Waals surface area contributed by atoms with Crippen LogP contribution in [0.3, 0.4) is 0 Å². The number of nitrogens with one attached hydrogen (secondary N) is 1. The summed E-state index contributed by atoms with van der Waals surface area (Å²) in [6, 6.07) is 10.4. The van der Waals surface area contributed by atoms with E-state index < -0.39 is 6.09 Å². The molecule has 2 N–H and O–H groups in total. The first-order valence-electron chi connectivity index (χ1n) is 10.5. The highest BCUT2D eigenvalue weighted by Gasteiger charge is 2.48. The molecule has 3 fully saturated rings. The third-order valence-corrected chi connectivity index (χ3v) is 6.79. The molecular weight excluding hydrogens is 340 g/mol. The van der Waals surface area contributed by atoms with Gasteiger partial charge < -0.3 is 20.1 Å². The third kappa shape index (κ3) is 4.46. The molecule has 1 aromatic carbocycles. The van der Waals surface area contributed by atoms with Crippen molar-refractivity contribution in [3.05, 3.63) is 35.9 Å². The number of ether oxygens (including phenoxy) is 1. The standard InChI is InChI=1S/C22H32N2O3/c25-21(26)24(20-13-19(20)18-7-2-1-3-8-18)15-22(9-11-23-12-10-22)16-27-14-17-5-4-6-17/h1-3,7-8,17,19-20,23H,4-6,9-16H2,(H,25,26)/t19-,20+/m0/s1. The van der Waals surface area contributed by atoms with Gasteiger partial charge in [0, 0.05) is 30.5 Å². The van der Waals surface area contributed by atoms with Crippen molar-refractivity contribution >= 4 is 6.09 Å². The van der Waals surface area contributed by atoms with E-state index in [0.29, 0.717) is 19.1 Å². The molecule has 5 heteroatoms. The van der Waals surface area contributed by atoms with Crippen molar-refractivity contribution in [2.45, 2.75) is 50.5 Å². The van der Waals surface area contributed by atoms with E-state index in [0.717, 1.165) is 44.9 Å². The number of nitrogens with zero attached hydrogens (tertiary/aromatic N) is 1. The Labute approximate surface area is 162 Å². The minimum absolute atomic E-state index is 0.0444. The summed E-state index contributed by atoms with van der Waals surface area (Å²) in [7, 11) is 0. The molecule has 2 saturated carbocycles. The lowest BCUT2D eigenvalue weighted by Gasteiger charge is -2.41. The van der Waals surface area contributed by atoms with Gasteiger partial charge >= 0.3 is 6.09 Å². The molecule has 1 amide bonds. The SMILES string of the molecule is O=C(O)N(CC1(COCC2CCC2)CCNCC1)[C@@H]1C[C@H]1c1ccccc1. The molecule has 2 atom stereocenters. The summed E-state index contributed by atoms with van der Waals surface area (Å²) in [6.07, 6.45) is 6.04. The van der Waals surface area contributed by atoms with Crippen LogP contribution in [-0.4, -0.2) is 55.0 Å². The van der Waals surface area contributed by atoms with Crippen LogP contribution in [0.2, 0.25) is 0 Å². The molecule has 148 valence electrons. The summed E-state index contributed by atoms with van der Waals surface area (Å²) in [5.74, 6) is 1.07. The first-order chi connectivity index (χ1) is 13.2. The molecule has 0 unspecified atom stereocenters. The molecule has 0 spiro atoms. The van der Waals surface area contributed by atoms with Crippen molar-refractivity contribution in [1.82, 2.24) is 10.2 Å². The fourth-order valence-electron chi connectivity index (χ4n) is 4.68. The highest BCUT2D eigenvalue weighted by Crippen LogP contribution is 2.46. The Morgan fingerprint density at radius 1 is 1.22 bits per heavy atom. The Morgan fingerprint density at radius 3 is 2.59 bits per heavy atom. The lowest BCUT2D eigenvalue weighted by atomic mass is 9.79. The van der Waals surface area contributed by atoms with Crippen LogP contribution < -0.4 is 5.32 Å². The van der Waals surface area contributed by atoms with E-state index in [9.17, 15) is 9.90 Å². The highest BCUT2D eigenvalue weighted by molar-refractivity contribution is 5.66. The Bertz CT molecular complexity index is 626. The maximum absolute atomic E-state index is 12.1. The summed E-state index contributed by atoms with van der Waals surface area (Å²) in [4.78, 5) is 13.8. The van der Waals surface area contributed by atoms with Gasteiger partial charge in [0.2, 0.25) is 0 Å². The average molecular weight is 373 g/mol. The molecule has 0 radical (unpaired) electrons. The van der Waals surface area contributed by atoms with Crippen LogP contribution in [0.4, 0.5) is 4.79 Å². The number of hydrogen-bond acceptors (Lipinski definition) is 3. The first-order valence-corrected chi connectivity index (χ1v) is 10.5. The monoisotopic (exact) mass is 372 g/mol. The van der Waals surface area contributed by atoms with E-state index in [2.05, 4.69) is 17.4 Å². The van der Waals surface area contributed by atoms with Gasteiger partial charge in [-0.05, 0) is 56.7 Å². The summed E-state index contributed by atoms with van der Waals surface area (Å²) >= 11 is 0. The number of carbonyl (C=O) groups is 1. The van der Waals surface area contributed by atoms with Crippen LogP contribution in [0.1, 0.15) is 50.0 Å². The van der Waals surface area contributed by atoms with Gasteiger partial charge in [-0.2, -0.15) is 0 Å². The zero-order chi connectivity index (χ0) is 18.7. The number of rotatable bonds is 8. The minimum Gasteiger partial charge on any atom is -0.465 e. The predicted molar refractivity (Wildman–Crippen MR) is 105 cm³/mol. The largest absolute Gasteiger partial charge is 0.465 e. The lowest BCUT2D eigenvalue weighted by Crippen LogP contribution is -2.49. The molecule has 2 aliphatic carbocycles. The number of amides is 1. The van der Waals surface area contributed by atoms with E-state index in [1.165, 1.54) is 24.8 Å². The summed E-state index contributed by atoms with van der Waals surface area (Å²) in [5, 5.41) is 13.3. The van der Waals surface area contributed by atoms with Gasteiger partial charge in [-0.25, -0.2) is 4.79 Å². The summed E-state index contributed by atoms with van der Waals surface area (Å²) < 4.78 is 6.13.